The Balaban J connectivity index is 1.35. The van der Waals surface area contributed by atoms with E-state index in [0.717, 1.165) is 5.56 Å². The van der Waals surface area contributed by atoms with Crippen molar-refractivity contribution in [3.05, 3.63) is 54.1 Å². The molecule has 14 nitrogen and oxygen atoms in total. The van der Waals surface area contributed by atoms with Crippen LogP contribution in [-0.2, 0) is 35.4 Å². The molecule has 2 aromatic carbocycles. The predicted molar refractivity (Wildman–Crippen MR) is 172 cm³/mol. The van der Waals surface area contributed by atoms with Gasteiger partial charge in [-0.3, -0.25) is 4.79 Å². The quantitative estimate of drug-likeness (QED) is 0.188. The Kier molecular flexibility index (Phi) is 11.8. The minimum atomic E-state index is -4.20. The molecule has 264 valence electrons. The van der Waals surface area contributed by atoms with E-state index in [0.29, 0.717) is 43.9 Å². The van der Waals surface area contributed by atoms with Gasteiger partial charge in [-0.15, -0.1) is 0 Å². The number of fused-ring (bicyclic) bond motifs is 2. The van der Waals surface area contributed by atoms with Gasteiger partial charge in [0.25, 0.3) is 0 Å². The summed E-state index contributed by atoms with van der Waals surface area (Å²) < 4.78 is 57.3. The molecule has 3 aliphatic rings. The molecule has 48 heavy (non-hydrogen) atoms. The largest absolute Gasteiger partial charge is 0.454 e. The zero-order valence-corrected chi connectivity index (χ0v) is 28.0. The second-order valence-corrected chi connectivity index (χ2v) is 15.0. The first kappa shape index (κ1) is 35.8. The number of sulfonamides is 1. The summed E-state index contributed by atoms with van der Waals surface area (Å²) in [5, 5.41) is 26.1. The molecule has 4 N–H and O–H groups in total. The molecule has 0 aliphatic carbocycles. The van der Waals surface area contributed by atoms with E-state index in [2.05, 4.69) is 10.6 Å². The van der Waals surface area contributed by atoms with Crippen LogP contribution in [0.25, 0.3) is 0 Å². The van der Waals surface area contributed by atoms with Crippen molar-refractivity contribution in [3.63, 3.8) is 0 Å². The molecule has 0 saturated carbocycles. The number of rotatable bonds is 16. The maximum Gasteiger partial charge on any atom is 0.407 e. The average Bonchev–Trinajstić information content (AvgIpc) is 3.81. The van der Waals surface area contributed by atoms with Gasteiger partial charge in [-0.2, -0.15) is 4.31 Å². The third kappa shape index (κ3) is 9.15. The van der Waals surface area contributed by atoms with E-state index in [-0.39, 0.29) is 43.7 Å². The third-order valence-corrected chi connectivity index (χ3v) is 10.6. The fraction of sp³-hybridized carbons (Fsp3) is 0.576. The minimum absolute atomic E-state index is 0.0137. The standard InChI is InChI=1S/C33H45N3O11S/c1-33(2,12-6-13-34-30(39)18-37)20-36(48(41,42)23-9-10-27-28(16-23)46-21-45-27)17-26(38)25(15-22-7-4-3-5-8-22)35-32(40)47-29-19-44-31-24(29)11-14-43-31/h3-5,7-10,16,24-26,29,31,37-38H,6,11-15,17-21H2,1-2H3,(H,34,39)(H,35,40). The molecule has 5 unspecified atom stereocenters. The van der Waals surface area contributed by atoms with Crippen LogP contribution in [0.3, 0.4) is 0 Å². The lowest BCUT2D eigenvalue weighted by atomic mass is 9.87. The topological polar surface area (TPSA) is 182 Å². The van der Waals surface area contributed by atoms with Gasteiger partial charge in [0.05, 0.1) is 36.2 Å². The molecular formula is C33H45N3O11S. The van der Waals surface area contributed by atoms with Crippen LogP contribution < -0.4 is 20.1 Å². The van der Waals surface area contributed by atoms with Crippen molar-refractivity contribution in [1.29, 1.82) is 0 Å². The summed E-state index contributed by atoms with van der Waals surface area (Å²) in [5.74, 6) is 0.164. The molecule has 2 saturated heterocycles. The highest BCUT2D eigenvalue weighted by atomic mass is 32.2. The first-order valence-electron chi connectivity index (χ1n) is 16.1. The van der Waals surface area contributed by atoms with Gasteiger partial charge >= 0.3 is 6.09 Å². The molecule has 0 radical (unpaired) electrons. The van der Waals surface area contributed by atoms with Crippen molar-refractivity contribution >= 4 is 22.0 Å². The average molecular weight is 692 g/mol. The lowest BCUT2D eigenvalue weighted by Gasteiger charge is -2.35. The van der Waals surface area contributed by atoms with Crippen molar-refractivity contribution < 1.29 is 51.9 Å². The van der Waals surface area contributed by atoms with E-state index in [1.54, 1.807) is 0 Å². The summed E-state index contributed by atoms with van der Waals surface area (Å²) in [6, 6.07) is 12.7. The number of hydrogen-bond donors (Lipinski definition) is 4. The van der Waals surface area contributed by atoms with E-state index in [9.17, 15) is 23.1 Å². The lowest BCUT2D eigenvalue weighted by Crippen LogP contribution is -2.52. The number of aliphatic hydroxyl groups is 2. The number of alkyl carbamates (subject to hydrolysis) is 1. The SMILES string of the molecule is CC(C)(CCCNC(=O)CO)CN(CC(O)C(Cc1ccccc1)NC(=O)OC1COC2OCCC12)S(=O)(=O)c1ccc2c(c1)OCO2. The van der Waals surface area contributed by atoms with Crippen LogP contribution in [0, 0.1) is 11.3 Å². The zero-order chi connectivity index (χ0) is 34.3. The van der Waals surface area contributed by atoms with Crippen LogP contribution >= 0.6 is 0 Å². The van der Waals surface area contributed by atoms with Gasteiger partial charge in [0.2, 0.25) is 22.7 Å². The lowest BCUT2D eigenvalue weighted by molar-refractivity contribution is -0.123. The number of carbonyl (C=O) groups excluding carboxylic acids is 2. The van der Waals surface area contributed by atoms with Gasteiger partial charge in [-0.25, -0.2) is 13.2 Å². The fourth-order valence-corrected chi connectivity index (χ4v) is 7.86. The van der Waals surface area contributed by atoms with Gasteiger partial charge in [-0.1, -0.05) is 44.2 Å². The van der Waals surface area contributed by atoms with E-state index < -0.39 is 58.6 Å². The molecular weight excluding hydrogens is 646 g/mol. The van der Waals surface area contributed by atoms with Crippen molar-refractivity contribution in [2.24, 2.45) is 11.3 Å². The summed E-state index contributed by atoms with van der Waals surface area (Å²) in [5.41, 5.74) is 0.224. The second-order valence-electron chi connectivity index (χ2n) is 13.1. The summed E-state index contributed by atoms with van der Waals surface area (Å²) in [6.45, 7) is 3.87. The number of benzene rings is 2. The molecule has 2 amide bonds. The molecule has 3 heterocycles. The number of hydrogen-bond acceptors (Lipinski definition) is 11. The maximum atomic E-state index is 14.2. The fourth-order valence-electron chi connectivity index (χ4n) is 6.20. The predicted octanol–water partition coefficient (Wildman–Crippen LogP) is 1.78. The summed E-state index contributed by atoms with van der Waals surface area (Å²) in [6.07, 6.45) is -1.03. The summed E-state index contributed by atoms with van der Waals surface area (Å²) in [7, 11) is -4.20. The normalized spacial score (nSPS) is 21.5. The Morgan fingerprint density at radius 3 is 2.65 bits per heavy atom. The van der Waals surface area contributed by atoms with Crippen molar-refractivity contribution in [2.45, 2.75) is 69.0 Å². The summed E-state index contributed by atoms with van der Waals surface area (Å²) >= 11 is 0. The van der Waals surface area contributed by atoms with E-state index in [1.807, 2.05) is 44.2 Å². The van der Waals surface area contributed by atoms with E-state index in [1.165, 1.54) is 22.5 Å². The van der Waals surface area contributed by atoms with Gasteiger partial charge in [0.15, 0.2) is 17.8 Å². The molecule has 2 fully saturated rings. The molecule has 0 aromatic heterocycles. The van der Waals surface area contributed by atoms with Crippen LogP contribution in [-0.4, -0.2) is 106 Å². The number of nitrogens with zero attached hydrogens (tertiary/aromatic N) is 1. The van der Waals surface area contributed by atoms with Crippen molar-refractivity contribution in [3.8, 4) is 11.5 Å². The number of carbonyl (C=O) groups is 2. The monoisotopic (exact) mass is 691 g/mol. The Morgan fingerprint density at radius 1 is 1.10 bits per heavy atom. The highest BCUT2D eigenvalue weighted by molar-refractivity contribution is 7.89. The molecule has 2 aromatic rings. The molecule has 0 bridgehead atoms. The van der Waals surface area contributed by atoms with Gasteiger partial charge < -0.3 is 44.5 Å². The Hall–Kier alpha value is -3.47. The number of amides is 2. The Labute approximate surface area is 280 Å². The van der Waals surface area contributed by atoms with Gasteiger partial charge in [0, 0.05) is 25.7 Å². The zero-order valence-electron chi connectivity index (χ0n) is 27.2. The number of nitrogens with one attached hydrogen (secondary N) is 2. The van der Waals surface area contributed by atoms with Gasteiger partial charge in [-0.05, 0) is 48.8 Å². The van der Waals surface area contributed by atoms with E-state index >= 15 is 0 Å². The Bertz CT molecular complexity index is 1510. The number of aliphatic hydroxyl groups excluding tert-OH is 2. The van der Waals surface area contributed by atoms with Crippen molar-refractivity contribution in [1.82, 2.24) is 14.9 Å². The van der Waals surface area contributed by atoms with Crippen LogP contribution in [0.15, 0.2) is 53.4 Å². The highest BCUT2D eigenvalue weighted by Gasteiger charge is 2.44. The highest BCUT2D eigenvalue weighted by Crippen LogP contribution is 2.36. The van der Waals surface area contributed by atoms with Crippen LogP contribution in [0.4, 0.5) is 4.79 Å². The Morgan fingerprint density at radius 2 is 1.88 bits per heavy atom. The van der Waals surface area contributed by atoms with Crippen LogP contribution in [0.1, 0.15) is 38.7 Å². The van der Waals surface area contributed by atoms with Gasteiger partial charge in [0.1, 0.15) is 12.7 Å². The van der Waals surface area contributed by atoms with Crippen molar-refractivity contribution in [2.75, 3.05) is 46.2 Å². The molecule has 5 atom stereocenters. The van der Waals surface area contributed by atoms with E-state index in [4.69, 9.17) is 28.8 Å². The van der Waals surface area contributed by atoms with Crippen LogP contribution in [0.5, 0.6) is 11.5 Å². The first-order valence-corrected chi connectivity index (χ1v) is 17.6. The van der Waals surface area contributed by atoms with Crippen LogP contribution in [0.2, 0.25) is 0 Å². The summed E-state index contributed by atoms with van der Waals surface area (Å²) in [4.78, 5) is 24.6. The smallest absolute Gasteiger partial charge is 0.407 e. The molecule has 3 aliphatic heterocycles. The first-order chi connectivity index (χ1) is 22.9. The second kappa shape index (κ2) is 15.8. The minimum Gasteiger partial charge on any atom is -0.454 e. The third-order valence-electron chi connectivity index (χ3n) is 8.78. The molecule has 15 heteroatoms. The molecule has 5 rings (SSSR count). The molecule has 0 spiro atoms. The number of ether oxygens (including phenoxy) is 5. The maximum absolute atomic E-state index is 14.2.